The topological polar surface area (TPSA) is 99.1 Å². The molecule has 128 valence electrons. The number of rotatable bonds is 4. The van der Waals surface area contributed by atoms with Gasteiger partial charge in [-0.3, -0.25) is 0 Å². The van der Waals surface area contributed by atoms with E-state index in [0.717, 1.165) is 18.4 Å². The van der Waals surface area contributed by atoms with Gasteiger partial charge in [-0.1, -0.05) is 6.08 Å². The second kappa shape index (κ2) is 6.96. The number of nitrogens with one attached hydrogen (secondary N) is 1. The Morgan fingerprint density at radius 3 is 2.76 bits per heavy atom. The first-order valence-corrected chi connectivity index (χ1v) is 8.22. The summed E-state index contributed by atoms with van der Waals surface area (Å²) in [7, 11) is 1.30. The minimum absolute atomic E-state index is 0.0481. The van der Waals surface area contributed by atoms with Crippen LogP contribution in [0.2, 0.25) is 0 Å². The number of hydrogen-bond acceptors (Lipinski definition) is 6. The third-order valence-electron chi connectivity index (χ3n) is 5.13. The lowest BCUT2D eigenvalue weighted by molar-refractivity contribution is 0.0562. The molecule has 2 aliphatic rings. The molecule has 2 aliphatic heterocycles. The second-order valence-corrected chi connectivity index (χ2v) is 6.34. The van der Waals surface area contributed by atoms with Crippen LogP contribution in [0.15, 0.2) is 40.4 Å². The number of carbonyl (C=O) groups excluding carboxylic acids is 1. The number of allylic oxidation sites excluding steroid dienone is 1. The van der Waals surface area contributed by atoms with E-state index in [1.807, 2.05) is 18.2 Å². The maximum atomic E-state index is 11.6. The van der Waals surface area contributed by atoms with E-state index in [2.05, 4.69) is 16.6 Å². The molecule has 2 saturated heterocycles. The molecule has 0 saturated carbocycles. The van der Waals surface area contributed by atoms with Gasteiger partial charge >= 0.3 is 5.97 Å². The molecule has 1 aromatic heterocycles. The van der Waals surface area contributed by atoms with Crippen LogP contribution in [0.3, 0.4) is 0 Å². The number of hydrogen-bond donors (Lipinski definition) is 1. The average Bonchev–Trinajstić information content (AvgIpc) is 3.26. The van der Waals surface area contributed by atoms with Crippen LogP contribution in [0, 0.1) is 34.5 Å². The van der Waals surface area contributed by atoms with E-state index in [0.29, 0.717) is 12.2 Å². The molecule has 25 heavy (non-hydrogen) atoms. The fraction of sp³-hybridized carbons (Fsp3) is 0.421. The van der Waals surface area contributed by atoms with Crippen LogP contribution in [-0.4, -0.2) is 25.2 Å². The minimum Gasteiger partial charge on any atom is -0.463 e. The normalized spacial score (nSPS) is 27.2. The zero-order valence-corrected chi connectivity index (χ0v) is 14.0. The molecule has 0 spiro atoms. The summed E-state index contributed by atoms with van der Waals surface area (Å²) in [5.74, 6) is 0.162. The number of methoxy groups -OCH3 is 1. The summed E-state index contributed by atoms with van der Waals surface area (Å²) >= 11 is 0. The fourth-order valence-electron chi connectivity index (χ4n) is 4.05. The molecule has 2 fully saturated rings. The van der Waals surface area contributed by atoms with E-state index >= 15 is 0 Å². The van der Waals surface area contributed by atoms with Crippen LogP contribution in [0.1, 0.15) is 29.2 Å². The van der Waals surface area contributed by atoms with E-state index < -0.39 is 5.97 Å². The van der Waals surface area contributed by atoms with Crippen molar-refractivity contribution in [3.8, 4) is 12.1 Å². The van der Waals surface area contributed by atoms with Crippen molar-refractivity contribution < 1.29 is 13.9 Å². The predicted octanol–water partition coefficient (Wildman–Crippen LogP) is 2.51. The van der Waals surface area contributed by atoms with Gasteiger partial charge in [-0.2, -0.15) is 10.5 Å². The molecule has 1 N–H and O–H groups in total. The summed E-state index contributed by atoms with van der Waals surface area (Å²) in [4.78, 5) is 11.6. The highest BCUT2D eigenvalue weighted by atomic mass is 16.5. The van der Waals surface area contributed by atoms with Gasteiger partial charge in [0.15, 0.2) is 0 Å². The SMILES string of the molecule is C=C[C@@H]1C(=C(C#N)C#N)[C@H](Cc2ccc(C(=O)OC)o2)[C@H]2CCC1N2. The largest absolute Gasteiger partial charge is 0.463 e. The minimum atomic E-state index is -0.525. The van der Waals surface area contributed by atoms with Crippen LogP contribution in [-0.2, 0) is 11.2 Å². The standard InChI is InChI=1S/C19H19N3O3/c1-3-13-15-5-6-16(22-15)14(18(13)11(9-20)10-21)8-12-4-7-17(25-12)19(23)24-2/h3-4,7,13-16,22H,1,5-6,8H2,2H3/t13-,14+,15?,16+/m0/s1. The van der Waals surface area contributed by atoms with Gasteiger partial charge in [0.05, 0.1) is 7.11 Å². The molecular formula is C19H19N3O3. The highest BCUT2D eigenvalue weighted by molar-refractivity contribution is 5.86. The lowest BCUT2D eigenvalue weighted by atomic mass is 9.75. The number of fused-ring (bicyclic) bond motifs is 2. The lowest BCUT2D eigenvalue weighted by Gasteiger charge is -2.37. The summed E-state index contributed by atoms with van der Waals surface area (Å²) in [6.07, 6.45) is 4.28. The van der Waals surface area contributed by atoms with Crippen molar-refractivity contribution in [2.24, 2.45) is 11.8 Å². The van der Waals surface area contributed by atoms with Gasteiger partial charge in [0, 0.05) is 30.3 Å². The highest BCUT2D eigenvalue weighted by Crippen LogP contribution is 2.43. The van der Waals surface area contributed by atoms with E-state index in [9.17, 15) is 15.3 Å². The van der Waals surface area contributed by atoms with Crippen LogP contribution >= 0.6 is 0 Å². The third kappa shape index (κ3) is 2.97. The number of piperidine rings is 1. The van der Waals surface area contributed by atoms with Gasteiger partial charge in [0.1, 0.15) is 23.5 Å². The Labute approximate surface area is 146 Å². The number of furan rings is 1. The summed E-state index contributed by atoms with van der Waals surface area (Å²) in [5, 5.41) is 22.4. The molecule has 1 unspecified atom stereocenters. The molecule has 3 heterocycles. The fourth-order valence-corrected chi connectivity index (χ4v) is 4.05. The first-order chi connectivity index (χ1) is 12.1. The number of esters is 1. The zero-order chi connectivity index (χ0) is 18.0. The molecule has 6 heteroatoms. The number of ether oxygens (including phenoxy) is 1. The summed E-state index contributed by atoms with van der Waals surface area (Å²) in [6.45, 7) is 3.90. The van der Waals surface area contributed by atoms with Gasteiger partial charge < -0.3 is 14.5 Å². The van der Waals surface area contributed by atoms with Crippen molar-refractivity contribution in [1.82, 2.24) is 5.32 Å². The van der Waals surface area contributed by atoms with Crippen molar-refractivity contribution in [1.29, 1.82) is 10.5 Å². The molecule has 6 nitrogen and oxygen atoms in total. The predicted molar refractivity (Wildman–Crippen MR) is 89.1 cm³/mol. The Morgan fingerprint density at radius 2 is 2.12 bits per heavy atom. The molecule has 0 radical (unpaired) electrons. The summed E-state index contributed by atoms with van der Waals surface area (Å²) in [6, 6.07) is 7.80. The van der Waals surface area contributed by atoms with Crippen molar-refractivity contribution in [2.45, 2.75) is 31.3 Å². The Morgan fingerprint density at radius 1 is 1.40 bits per heavy atom. The Bertz CT molecular complexity index is 793. The summed E-state index contributed by atoms with van der Waals surface area (Å²) in [5.41, 5.74) is 0.996. The highest BCUT2D eigenvalue weighted by Gasteiger charge is 2.45. The number of nitriles is 2. The van der Waals surface area contributed by atoms with Crippen molar-refractivity contribution in [3.63, 3.8) is 0 Å². The molecule has 0 aromatic carbocycles. The molecular weight excluding hydrogens is 318 g/mol. The summed E-state index contributed by atoms with van der Waals surface area (Å²) < 4.78 is 10.3. The maximum absolute atomic E-state index is 11.6. The van der Waals surface area contributed by atoms with E-state index in [4.69, 9.17) is 4.42 Å². The van der Waals surface area contributed by atoms with Gasteiger partial charge in [0.25, 0.3) is 0 Å². The lowest BCUT2D eigenvalue weighted by Crippen LogP contribution is -2.47. The van der Waals surface area contributed by atoms with Crippen LogP contribution < -0.4 is 5.32 Å². The quantitative estimate of drug-likeness (QED) is 0.515. The molecule has 0 amide bonds. The van der Waals surface area contributed by atoms with Gasteiger partial charge in [0.2, 0.25) is 5.76 Å². The molecule has 1 aromatic rings. The molecule has 3 rings (SSSR count). The van der Waals surface area contributed by atoms with Gasteiger partial charge in [-0.25, -0.2) is 4.79 Å². The maximum Gasteiger partial charge on any atom is 0.373 e. The first-order valence-electron chi connectivity index (χ1n) is 8.22. The van der Waals surface area contributed by atoms with Crippen LogP contribution in [0.4, 0.5) is 0 Å². The number of carbonyl (C=O) groups is 1. The molecule has 4 atom stereocenters. The van der Waals surface area contributed by atoms with Crippen molar-refractivity contribution >= 4 is 5.97 Å². The second-order valence-electron chi connectivity index (χ2n) is 6.34. The Kier molecular flexibility index (Phi) is 4.74. The Hall–Kier alpha value is -2.83. The zero-order valence-electron chi connectivity index (χ0n) is 14.0. The van der Waals surface area contributed by atoms with E-state index in [-0.39, 0.29) is 35.3 Å². The number of nitrogens with zero attached hydrogens (tertiary/aromatic N) is 2. The monoisotopic (exact) mass is 337 g/mol. The average molecular weight is 337 g/mol. The van der Waals surface area contributed by atoms with E-state index in [1.165, 1.54) is 7.11 Å². The Balaban J connectivity index is 1.97. The molecule has 0 aliphatic carbocycles. The first kappa shape index (κ1) is 17.0. The van der Waals surface area contributed by atoms with Gasteiger partial charge in [-0.15, -0.1) is 6.58 Å². The van der Waals surface area contributed by atoms with Crippen molar-refractivity contribution in [2.75, 3.05) is 7.11 Å². The third-order valence-corrected chi connectivity index (χ3v) is 5.13. The van der Waals surface area contributed by atoms with Crippen LogP contribution in [0.25, 0.3) is 0 Å². The van der Waals surface area contributed by atoms with Gasteiger partial charge in [-0.05, 0) is 30.5 Å². The smallest absolute Gasteiger partial charge is 0.373 e. The molecule has 2 bridgehead atoms. The van der Waals surface area contributed by atoms with E-state index in [1.54, 1.807) is 12.1 Å². The van der Waals surface area contributed by atoms with Crippen molar-refractivity contribution in [3.05, 3.63) is 47.5 Å². The van der Waals surface area contributed by atoms with Crippen LogP contribution in [0.5, 0.6) is 0 Å².